The Balaban J connectivity index is 1.64. The summed E-state index contributed by atoms with van der Waals surface area (Å²) in [5.41, 5.74) is 2.37. The molecule has 0 bridgehead atoms. The van der Waals surface area contributed by atoms with Gasteiger partial charge in [-0.1, -0.05) is 23.2 Å². The van der Waals surface area contributed by atoms with Crippen LogP contribution in [0.15, 0.2) is 36.4 Å². The molecule has 0 aliphatic carbocycles. The highest BCUT2D eigenvalue weighted by Crippen LogP contribution is 2.24. The lowest BCUT2D eigenvalue weighted by Crippen LogP contribution is -2.32. The van der Waals surface area contributed by atoms with Gasteiger partial charge in [-0.2, -0.15) is 5.26 Å². The van der Waals surface area contributed by atoms with Crippen LogP contribution in [0.5, 0.6) is 0 Å². The molecule has 7 heteroatoms. The summed E-state index contributed by atoms with van der Waals surface area (Å²) >= 11 is 5.92. The zero-order valence-corrected chi connectivity index (χ0v) is 14.6. The first kappa shape index (κ1) is 17.6. The molecule has 0 unspecified atom stereocenters. The SMILES string of the molecule is Cc1ccc2c(c1)C(=O)N(CCC(=O)Nc1ccc(C#N)c(Cl)c1)C2=O. The average Bonchev–Trinajstić information content (AvgIpc) is 2.83. The van der Waals surface area contributed by atoms with Gasteiger partial charge in [0.25, 0.3) is 11.8 Å². The highest BCUT2D eigenvalue weighted by Gasteiger charge is 2.35. The Morgan fingerprint density at radius 3 is 2.58 bits per heavy atom. The van der Waals surface area contributed by atoms with Crippen molar-refractivity contribution in [1.82, 2.24) is 4.90 Å². The molecule has 0 saturated carbocycles. The van der Waals surface area contributed by atoms with Gasteiger partial charge in [0.05, 0.1) is 21.7 Å². The van der Waals surface area contributed by atoms with E-state index in [4.69, 9.17) is 16.9 Å². The number of imide groups is 1. The third-order valence-corrected chi connectivity index (χ3v) is 4.37. The number of anilines is 1. The molecule has 6 nitrogen and oxygen atoms in total. The van der Waals surface area contributed by atoms with Gasteiger partial charge < -0.3 is 5.32 Å². The fourth-order valence-electron chi connectivity index (χ4n) is 2.73. The molecule has 2 aromatic rings. The minimum atomic E-state index is -0.390. The molecule has 0 fully saturated rings. The zero-order chi connectivity index (χ0) is 18.8. The van der Waals surface area contributed by atoms with E-state index in [0.717, 1.165) is 10.5 Å². The smallest absolute Gasteiger partial charge is 0.261 e. The van der Waals surface area contributed by atoms with Gasteiger partial charge in [0.2, 0.25) is 5.91 Å². The normalized spacial score (nSPS) is 12.7. The van der Waals surface area contributed by atoms with Crippen LogP contribution >= 0.6 is 11.6 Å². The maximum Gasteiger partial charge on any atom is 0.261 e. The van der Waals surface area contributed by atoms with Gasteiger partial charge in [0.1, 0.15) is 6.07 Å². The van der Waals surface area contributed by atoms with Crippen molar-refractivity contribution < 1.29 is 14.4 Å². The van der Waals surface area contributed by atoms with Crippen LogP contribution in [0.25, 0.3) is 0 Å². The molecular formula is C19H14ClN3O3. The van der Waals surface area contributed by atoms with E-state index in [0.29, 0.717) is 22.4 Å². The molecule has 0 radical (unpaired) electrons. The van der Waals surface area contributed by atoms with Crippen molar-refractivity contribution >= 4 is 35.0 Å². The van der Waals surface area contributed by atoms with Gasteiger partial charge in [-0.3, -0.25) is 19.3 Å². The van der Waals surface area contributed by atoms with Crippen LogP contribution in [0.2, 0.25) is 5.02 Å². The summed E-state index contributed by atoms with van der Waals surface area (Å²) in [6, 6.07) is 11.6. The molecular weight excluding hydrogens is 354 g/mol. The van der Waals surface area contributed by atoms with E-state index in [1.54, 1.807) is 24.3 Å². The van der Waals surface area contributed by atoms with Crippen molar-refractivity contribution in [1.29, 1.82) is 5.26 Å². The van der Waals surface area contributed by atoms with Crippen molar-refractivity contribution in [3.8, 4) is 6.07 Å². The number of aryl methyl sites for hydroxylation is 1. The van der Waals surface area contributed by atoms with E-state index in [-0.39, 0.29) is 35.7 Å². The number of hydrogen-bond acceptors (Lipinski definition) is 4. The highest BCUT2D eigenvalue weighted by molar-refractivity contribution is 6.32. The number of hydrogen-bond donors (Lipinski definition) is 1. The fraction of sp³-hybridized carbons (Fsp3) is 0.158. The van der Waals surface area contributed by atoms with E-state index < -0.39 is 0 Å². The number of benzene rings is 2. The first-order valence-electron chi connectivity index (χ1n) is 7.87. The lowest BCUT2D eigenvalue weighted by Gasteiger charge is -2.13. The largest absolute Gasteiger partial charge is 0.326 e. The maximum absolute atomic E-state index is 12.4. The van der Waals surface area contributed by atoms with Gasteiger partial charge in [0.15, 0.2) is 0 Å². The van der Waals surface area contributed by atoms with Crippen molar-refractivity contribution in [2.45, 2.75) is 13.3 Å². The van der Waals surface area contributed by atoms with Crippen molar-refractivity contribution in [2.24, 2.45) is 0 Å². The van der Waals surface area contributed by atoms with Crippen LogP contribution < -0.4 is 5.32 Å². The van der Waals surface area contributed by atoms with Crippen LogP contribution in [0.4, 0.5) is 5.69 Å². The van der Waals surface area contributed by atoms with E-state index in [9.17, 15) is 14.4 Å². The minimum absolute atomic E-state index is 0.0127. The monoisotopic (exact) mass is 367 g/mol. The summed E-state index contributed by atoms with van der Waals surface area (Å²) in [5, 5.41) is 11.7. The topological polar surface area (TPSA) is 90.3 Å². The number of nitrogens with zero attached hydrogens (tertiary/aromatic N) is 2. The lowest BCUT2D eigenvalue weighted by molar-refractivity contribution is -0.116. The first-order valence-corrected chi connectivity index (χ1v) is 8.25. The van der Waals surface area contributed by atoms with Crippen LogP contribution in [0.3, 0.4) is 0 Å². The standard InChI is InChI=1S/C19H14ClN3O3/c1-11-2-5-14-15(8-11)19(26)23(18(14)25)7-6-17(24)22-13-4-3-12(10-21)16(20)9-13/h2-5,8-9H,6-7H2,1H3,(H,22,24). The van der Waals surface area contributed by atoms with Gasteiger partial charge in [0, 0.05) is 18.7 Å². The molecule has 1 heterocycles. The quantitative estimate of drug-likeness (QED) is 0.840. The van der Waals surface area contributed by atoms with Gasteiger partial charge >= 0.3 is 0 Å². The predicted octanol–water partition coefficient (Wildman–Crippen LogP) is 3.14. The molecule has 1 aliphatic rings. The third kappa shape index (κ3) is 3.30. The molecule has 1 aliphatic heterocycles. The van der Waals surface area contributed by atoms with E-state index >= 15 is 0 Å². The number of rotatable bonds is 4. The van der Waals surface area contributed by atoms with E-state index in [1.807, 2.05) is 13.0 Å². The molecule has 26 heavy (non-hydrogen) atoms. The summed E-state index contributed by atoms with van der Waals surface area (Å²) in [6.07, 6.45) is -0.0396. The number of nitriles is 1. The number of carbonyl (C=O) groups is 3. The van der Waals surface area contributed by atoms with Crippen LogP contribution in [-0.4, -0.2) is 29.2 Å². The van der Waals surface area contributed by atoms with Crippen molar-refractivity contribution in [3.63, 3.8) is 0 Å². The lowest BCUT2D eigenvalue weighted by atomic mass is 10.1. The highest BCUT2D eigenvalue weighted by atomic mass is 35.5. The van der Waals surface area contributed by atoms with Gasteiger partial charge in [-0.15, -0.1) is 0 Å². The Bertz CT molecular complexity index is 978. The number of halogens is 1. The molecule has 0 saturated heterocycles. The molecule has 3 rings (SSSR count). The van der Waals surface area contributed by atoms with Crippen LogP contribution in [0, 0.1) is 18.3 Å². The van der Waals surface area contributed by atoms with Gasteiger partial charge in [-0.25, -0.2) is 0 Å². The fourth-order valence-corrected chi connectivity index (χ4v) is 2.95. The Morgan fingerprint density at radius 1 is 1.15 bits per heavy atom. The first-order chi connectivity index (χ1) is 12.4. The van der Waals surface area contributed by atoms with Crippen LogP contribution in [-0.2, 0) is 4.79 Å². The summed E-state index contributed by atoms with van der Waals surface area (Å²) in [7, 11) is 0. The van der Waals surface area contributed by atoms with Crippen molar-refractivity contribution in [3.05, 3.63) is 63.7 Å². The zero-order valence-electron chi connectivity index (χ0n) is 13.9. The minimum Gasteiger partial charge on any atom is -0.326 e. The molecule has 2 aromatic carbocycles. The summed E-state index contributed by atoms with van der Waals surface area (Å²) < 4.78 is 0. The Hall–Kier alpha value is -3.17. The van der Waals surface area contributed by atoms with E-state index in [1.165, 1.54) is 12.1 Å². The third-order valence-electron chi connectivity index (χ3n) is 4.06. The molecule has 0 aromatic heterocycles. The number of nitrogens with one attached hydrogen (secondary N) is 1. The number of fused-ring (bicyclic) bond motifs is 1. The Morgan fingerprint density at radius 2 is 1.88 bits per heavy atom. The number of amides is 3. The number of carbonyl (C=O) groups excluding carboxylic acids is 3. The second-order valence-corrected chi connectivity index (χ2v) is 6.32. The van der Waals surface area contributed by atoms with Crippen LogP contribution in [0.1, 0.15) is 38.3 Å². The van der Waals surface area contributed by atoms with Gasteiger partial charge in [-0.05, 0) is 37.3 Å². The average molecular weight is 368 g/mol. The Kier molecular flexibility index (Phi) is 4.74. The van der Waals surface area contributed by atoms with Crippen molar-refractivity contribution in [2.75, 3.05) is 11.9 Å². The molecule has 130 valence electrons. The van der Waals surface area contributed by atoms with E-state index in [2.05, 4.69) is 5.32 Å². The summed E-state index contributed by atoms with van der Waals surface area (Å²) in [5.74, 6) is -1.14. The molecule has 0 atom stereocenters. The summed E-state index contributed by atoms with van der Waals surface area (Å²) in [6.45, 7) is 1.83. The second kappa shape index (κ2) is 6.98. The molecule has 3 amide bonds. The molecule has 1 N–H and O–H groups in total. The summed E-state index contributed by atoms with van der Waals surface area (Å²) in [4.78, 5) is 37.9. The molecule has 0 spiro atoms. The maximum atomic E-state index is 12.4. The Labute approximate surface area is 155 Å². The predicted molar refractivity (Wildman–Crippen MR) is 96.0 cm³/mol. The second-order valence-electron chi connectivity index (χ2n) is 5.92.